The molecule has 0 aliphatic heterocycles. The van der Waals surface area contributed by atoms with Gasteiger partial charge in [-0.2, -0.15) is 13.2 Å². The molecule has 0 aromatic carbocycles. The highest BCUT2D eigenvalue weighted by Gasteiger charge is 2.35. The number of pyridine rings is 1. The van der Waals surface area contributed by atoms with E-state index in [0.29, 0.717) is 4.40 Å². The average Bonchev–Trinajstić information content (AvgIpc) is 2.58. The molecular formula is C8H5F3N4O. The van der Waals surface area contributed by atoms with Crippen LogP contribution < -0.4 is 5.73 Å². The van der Waals surface area contributed by atoms with Crippen LogP contribution >= 0.6 is 0 Å². The maximum Gasteiger partial charge on any atom is 0.431 e. The minimum Gasteiger partial charge on any atom is -0.363 e. The molecule has 0 aliphatic rings. The third kappa shape index (κ3) is 1.47. The monoisotopic (exact) mass is 230 g/mol. The van der Waals surface area contributed by atoms with Gasteiger partial charge >= 0.3 is 6.18 Å². The third-order valence-corrected chi connectivity index (χ3v) is 1.94. The first-order chi connectivity index (χ1) is 7.41. The maximum atomic E-state index is 12.6. The summed E-state index contributed by atoms with van der Waals surface area (Å²) in [6, 6.07) is 3.30. The fraction of sp³-hybridized carbons (Fsp3) is 0.125. The van der Waals surface area contributed by atoms with Gasteiger partial charge in [0.2, 0.25) is 5.82 Å². The Morgan fingerprint density at radius 3 is 2.56 bits per heavy atom. The number of primary amides is 1. The summed E-state index contributed by atoms with van der Waals surface area (Å²) in [5.74, 6) is -1.60. The van der Waals surface area contributed by atoms with Crippen LogP contribution in [0.3, 0.4) is 0 Å². The number of hydrogen-bond donors (Lipinski definition) is 1. The number of halogens is 3. The zero-order valence-corrected chi connectivity index (χ0v) is 7.69. The number of alkyl halides is 3. The molecule has 0 bridgehead atoms. The van der Waals surface area contributed by atoms with Gasteiger partial charge in [-0.25, -0.2) is 0 Å². The van der Waals surface area contributed by atoms with Crippen molar-refractivity contribution in [3.05, 3.63) is 29.7 Å². The summed E-state index contributed by atoms with van der Waals surface area (Å²) in [7, 11) is 0. The van der Waals surface area contributed by atoms with Crippen LogP contribution in [0.25, 0.3) is 5.65 Å². The van der Waals surface area contributed by atoms with Gasteiger partial charge < -0.3 is 5.73 Å². The fourth-order valence-electron chi connectivity index (χ4n) is 1.32. The summed E-state index contributed by atoms with van der Waals surface area (Å²) in [6.07, 6.45) is -4.61. The van der Waals surface area contributed by atoms with Crippen molar-refractivity contribution < 1.29 is 18.0 Å². The lowest BCUT2D eigenvalue weighted by Gasteiger charge is -2.09. The minimum absolute atomic E-state index is 0.0800. The number of carbonyl (C=O) groups excluding carboxylic acids is 1. The van der Waals surface area contributed by atoms with Gasteiger partial charge in [-0.3, -0.25) is 9.20 Å². The predicted octanol–water partition coefficient (Wildman–Crippen LogP) is 0.847. The quantitative estimate of drug-likeness (QED) is 0.789. The smallest absolute Gasteiger partial charge is 0.363 e. The van der Waals surface area contributed by atoms with E-state index in [2.05, 4.69) is 10.2 Å². The molecule has 0 aliphatic carbocycles. The first kappa shape index (κ1) is 10.4. The Hall–Kier alpha value is -2.12. The topological polar surface area (TPSA) is 73.3 Å². The molecule has 2 rings (SSSR count). The minimum atomic E-state index is -4.61. The summed E-state index contributed by atoms with van der Waals surface area (Å²) in [4.78, 5) is 10.9. The SMILES string of the molecule is NC(=O)c1nnc2cccc(C(F)(F)F)n12. The van der Waals surface area contributed by atoms with Crippen LogP contribution in [0.4, 0.5) is 13.2 Å². The van der Waals surface area contributed by atoms with E-state index in [0.717, 1.165) is 6.07 Å². The second kappa shape index (κ2) is 3.19. The van der Waals surface area contributed by atoms with Gasteiger partial charge in [0.15, 0.2) is 5.65 Å². The standard InChI is InChI=1S/C8H5F3N4O/c9-8(10,11)4-2-1-3-5-13-14-7(6(12)16)15(4)5/h1-3H,(H2,12,16). The first-order valence-electron chi connectivity index (χ1n) is 4.12. The Morgan fingerprint density at radius 2 is 2.00 bits per heavy atom. The van der Waals surface area contributed by atoms with E-state index >= 15 is 0 Å². The number of hydrogen-bond acceptors (Lipinski definition) is 3. The molecule has 2 heterocycles. The number of nitrogens with two attached hydrogens (primary N) is 1. The van der Waals surface area contributed by atoms with Gasteiger partial charge in [0.25, 0.3) is 5.91 Å². The Balaban J connectivity index is 2.84. The Bertz CT molecular complexity index is 560. The summed E-state index contributed by atoms with van der Waals surface area (Å²) in [5.41, 5.74) is 3.79. The third-order valence-electron chi connectivity index (χ3n) is 1.94. The molecular weight excluding hydrogens is 225 g/mol. The normalized spacial score (nSPS) is 11.9. The van der Waals surface area contributed by atoms with E-state index < -0.39 is 23.6 Å². The first-order valence-corrected chi connectivity index (χ1v) is 4.12. The van der Waals surface area contributed by atoms with E-state index in [4.69, 9.17) is 5.73 Å². The molecule has 16 heavy (non-hydrogen) atoms. The average molecular weight is 230 g/mol. The number of amides is 1. The second-order valence-corrected chi connectivity index (χ2v) is 2.99. The largest absolute Gasteiger partial charge is 0.431 e. The summed E-state index contributed by atoms with van der Waals surface area (Å²) >= 11 is 0. The number of nitrogens with zero attached hydrogens (tertiary/aromatic N) is 3. The number of fused-ring (bicyclic) bond motifs is 1. The summed E-state index contributed by atoms with van der Waals surface area (Å²) in [6.45, 7) is 0. The van der Waals surface area contributed by atoms with Crippen LogP contribution in [-0.4, -0.2) is 20.5 Å². The van der Waals surface area contributed by atoms with Crippen molar-refractivity contribution in [2.24, 2.45) is 5.73 Å². The van der Waals surface area contributed by atoms with Crippen molar-refractivity contribution in [1.82, 2.24) is 14.6 Å². The number of aromatic nitrogens is 3. The van der Waals surface area contributed by atoms with Gasteiger partial charge in [0, 0.05) is 0 Å². The highest BCUT2D eigenvalue weighted by Crippen LogP contribution is 2.29. The molecule has 8 heteroatoms. The molecule has 0 unspecified atom stereocenters. The molecule has 0 spiro atoms. The van der Waals surface area contributed by atoms with E-state index in [-0.39, 0.29) is 5.65 Å². The van der Waals surface area contributed by atoms with Crippen LogP contribution in [0.2, 0.25) is 0 Å². The Labute approximate surface area is 86.7 Å². The fourth-order valence-corrected chi connectivity index (χ4v) is 1.32. The van der Waals surface area contributed by atoms with Crippen molar-refractivity contribution in [2.45, 2.75) is 6.18 Å². The molecule has 0 atom stereocenters. The second-order valence-electron chi connectivity index (χ2n) is 2.99. The van der Waals surface area contributed by atoms with E-state index in [9.17, 15) is 18.0 Å². The van der Waals surface area contributed by atoms with Crippen LogP contribution in [0.15, 0.2) is 18.2 Å². The zero-order valence-electron chi connectivity index (χ0n) is 7.69. The Morgan fingerprint density at radius 1 is 1.31 bits per heavy atom. The van der Waals surface area contributed by atoms with Crippen molar-refractivity contribution in [3.8, 4) is 0 Å². The lowest BCUT2D eigenvalue weighted by atomic mass is 10.3. The molecule has 84 valence electrons. The molecule has 2 aromatic heterocycles. The lowest BCUT2D eigenvalue weighted by Crippen LogP contribution is -2.19. The molecule has 0 saturated carbocycles. The van der Waals surface area contributed by atoms with Crippen LogP contribution in [0.1, 0.15) is 16.3 Å². The predicted molar refractivity (Wildman–Crippen MR) is 46.5 cm³/mol. The highest BCUT2D eigenvalue weighted by molar-refractivity contribution is 5.89. The Kier molecular flexibility index (Phi) is 2.07. The van der Waals surface area contributed by atoms with Gasteiger partial charge in [0.1, 0.15) is 5.69 Å². The van der Waals surface area contributed by atoms with Gasteiger partial charge in [-0.05, 0) is 12.1 Å². The van der Waals surface area contributed by atoms with Crippen LogP contribution in [-0.2, 0) is 6.18 Å². The number of carbonyl (C=O) groups is 1. The molecule has 5 nitrogen and oxygen atoms in total. The van der Waals surface area contributed by atoms with Crippen LogP contribution in [0, 0.1) is 0 Å². The van der Waals surface area contributed by atoms with Crippen molar-refractivity contribution >= 4 is 11.6 Å². The maximum absolute atomic E-state index is 12.6. The lowest BCUT2D eigenvalue weighted by molar-refractivity contribution is -0.142. The van der Waals surface area contributed by atoms with Crippen molar-refractivity contribution in [3.63, 3.8) is 0 Å². The van der Waals surface area contributed by atoms with Crippen LogP contribution in [0.5, 0.6) is 0 Å². The molecule has 1 amide bonds. The van der Waals surface area contributed by atoms with Gasteiger partial charge in [-0.15, -0.1) is 10.2 Å². The summed E-state index contributed by atoms with van der Waals surface area (Å²) < 4.78 is 38.4. The van der Waals surface area contributed by atoms with Gasteiger partial charge in [-0.1, -0.05) is 6.07 Å². The molecule has 2 N–H and O–H groups in total. The van der Waals surface area contributed by atoms with Crippen molar-refractivity contribution in [1.29, 1.82) is 0 Å². The zero-order chi connectivity index (χ0) is 11.9. The highest BCUT2D eigenvalue weighted by atomic mass is 19.4. The summed E-state index contributed by atoms with van der Waals surface area (Å²) in [5, 5.41) is 6.73. The molecule has 0 radical (unpaired) electrons. The van der Waals surface area contributed by atoms with E-state index in [1.807, 2.05) is 0 Å². The van der Waals surface area contributed by atoms with E-state index in [1.165, 1.54) is 12.1 Å². The molecule has 2 aromatic rings. The number of rotatable bonds is 1. The molecule has 0 saturated heterocycles. The van der Waals surface area contributed by atoms with Crippen molar-refractivity contribution in [2.75, 3.05) is 0 Å². The molecule has 0 fully saturated rings. The van der Waals surface area contributed by atoms with Gasteiger partial charge in [0.05, 0.1) is 0 Å². The van der Waals surface area contributed by atoms with E-state index in [1.54, 1.807) is 0 Å².